The van der Waals surface area contributed by atoms with Crippen LogP contribution in [0.25, 0.3) is 0 Å². The molecule has 0 atom stereocenters. The zero-order chi connectivity index (χ0) is 12.3. The lowest BCUT2D eigenvalue weighted by atomic mass is 10.0. The quantitative estimate of drug-likeness (QED) is 0.807. The van der Waals surface area contributed by atoms with E-state index in [1.807, 2.05) is 25.2 Å². The molecular formula is C12H16N4O. The van der Waals surface area contributed by atoms with Crippen molar-refractivity contribution in [2.24, 2.45) is 5.10 Å². The average molecular weight is 232 g/mol. The highest BCUT2D eigenvalue weighted by Gasteiger charge is 2.12. The Labute approximate surface area is 100 Å². The van der Waals surface area contributed by atoms with Gasteiger partial charge in [0.2, 0.25) is 0 Å². The Balaban J connectivity index is 2.09. The van der Waals surface area contributed by atoms with Crippen molar-refractivity contribution < 1.29 is 4.79 Å². The molecule has 0 bridgehead atoms. The lowest BCUT2D eigenvalue weighted by molar-refractivity contribution is -0.116. The number of nitrogens with one attached hydrogen (secondary N) is 2. The van der Waals surface area contributed by atoms with Crippen LogP contribution in [-0.4, -0.2) is 23.8 Å². The van der Waals surface area contributed by atoms with Gasteiger partial charge in [-0.15, -0.1) is 10.2 Å². The molecule has 0 aliphatic carbocycles. The smallest absolute Gasteiger partial charge is 0.170 e. The number of aryl methyl sites for hydroxylation is 1. The molecule has 5 heteroatoms. The van der Waals surface area contributed by atoms with Crippen molar-refractivity contribution in [3.05, 3.63) is 35.4 Å². The molecule has 1 aliphatic heterocycles. The zero-order valence-corrected chi connectivity index (χ0v) is 10.0. The highest BCUT2D eigenvalue weighted by Crippen LogP contribution is 2.09. The number of amidine groups is 1. The second-order valence-corrected chi connectivity index (χ2v) is 4.13. The number of Topliss-reactive ketones (excluding diaryl/α,β-unsaturated/α-hetero) is 1. The van der Waals surface area contributed by atoms with Crippen LogP contribution in [0.1, 0.15) is 24.5 Å². The van der Waals surface area contributed by atoms with Gasteiger partial charge in [0.05, 0.1) is 0 Å². The minimum absolute atomic E-state index is 0.216. The minimum Gasteiger partial charge on any atom is -0.300 e. The van der Waals surface area contributed by atoms with Crippen molar-refractivity contribution >= 4 is 11.6 Å². The molecule has 0 saturated heterocycles. The van der Waals surface area contributed by atoms with Gasteiger partial charge < -0.3 is 4.79 Å². The number of hydrogen-bond donors (Lipinski definition) is 2. The van der Waals surface area contributed by atoms with Crippen molar-refractivity contribution in [2.45, 2.75) is 19.8 Å². The van der Waals surface area contributed by atoms with Crippen LogP contribution in [0, 0.1) is 0 Å². The third-order valence-corrected chi connectivity index (χ3v) is 2.55. The molecule has 90 valence electrons. The van der Waals surface area contributed by atoms with Crippen molar-refractivity contribution in [3.63, 3.8) is 0 Å². The summed E-state index contributed by atoms with van der Waals surface area (Å²) >= 11 is 0. The summed E-state index contributed by atoms with van der Waals surface area (Å²) in [5.41, 5.74) is 8.03. The number of ketones is 1. The van der Waals surface area contributed by atoms with Crippen molar-refractivity contribution in [1.82, 2.24) is 16.1 Å². The fraction of sp³-hybridized carbons (Fsp3) is 0.333. The van der Waals surface area contributed by atoms with E-state index in [9.17, 15) is 4.79 Å². The first-order chi connectivity index (χ1) is 8.15. The highest BCUT2D eigenvalue weighted by atomic mass is 16.1. The van der Waals surface area contributed by atoms with Gasteiger partial charge in [0.25, 0.3) is 0 Å². The van der Waals surface area contributed by atoms with E-state index in [0.29, 0.717) is 6.42 Å². The average Bonchev–Trinajstić information content (AvgIpc) is 2.74. The normalized spacial score (nSPS) is 15.1. The summed E-state index contributed by atoms with van der Waals surface area (Å²) < 4.78 is 0. The van der Waals surface area contributed by atoms with E-state index in [1.165, 1.54) is 0 Å². The Morgan fingerprint density at radius 3 is 2.94 bits per heavy atom. The molecule has 0 fully saturated rings. The molecule has 5 nitrogen and oxygen atoms in total. The number of hydrazine groups is 2. The topological polar surface area (TPSA) is 56.7 Å². The molecule has 0 radical (unpaired) electrons. The summed E-state index contributed by atoms with van der Waals surface area (Å²) in [6.45, 7) is 1.62. The lowest BCUT2D eigenvalue weighted by Gasteiger charge is -2.08. The monoisotopic (exact) mass is 232 g/mol. The largest absolute Gasteiger partial charge is 0.300 e. The lowest BCUT2D eigenvalue weighted by Crippen LogP contribution is -2.37. The standard InChI is InChI=1S/C12H16N4O/c1-9(17)6-7-10-4-3-5-11(8-10)12-13-15-16(2)14-12/h3-5,8,15H,6-7H2,1-2H3,(H,13,14). The molecular weight excluding hydrogens is 216 g/mol. The van der Waals surface area contributed by atoms with Gasteiger partial charge in [0.15, 0.2) is 5.84 Å². The maximum Gasteiger partial charge on any atom is 0.170 e. The Morgan fingerprint density at radius 1 is 1.47 bits per heavy atom. The molecule has 1 aromatic carbocycles. The Morgan fingerprint density at radius 2 is 2.29 bits per heavy atom. The maximum absolute atomic E-state index is 10.9. The third kappa shape index (κ3) is 3.04. The molecule has 17 heavy (non-hydrogen) atoms. The molecule has 1 aromatic rings. The molecule has 2 rings (SSSR count). The molecule has 2 N–H and O–H groups in total. The van der Waals surface area contributed by atoms with E-state index in [1.54, 1.807) is 12.0 Å². The summed E-state index contributed by atoms with van der Waals surface area (Å²) in [6, 6.07) is 8.05. The van der Waals surface area contributed by atoms with Crippen LogP contribution in [0.2, 0.25) is 0 Å². The molecule has 0 saturated carbocycles. The van der Waals surface area contributed by atoms with Crippen molar-refractivity contribution in [1.29, 1.82) is 0 Å². The van der Waals surface area contributed by atoms with Crippen LogP contribution >= 0.6 is 0 Å². The molecule has 0 aromatic heterocycles. The van der Waals surface area contributed by atoms with Crippen LogP contribution < -0.4 is 11.0 Å². The maximum atomic E-state index is 10.9. The fourth-order valence-electron chi connectivity index (χ4n) is 1.66. The highest BCUT2D eigenvalue weighted by molar-refractivity contribution is 5.99. The zero-order valence-electron chi connectivity index (χ0n) is 10.0. The molecule has 0 amide bonds. The van der Waals surface area contributed by atoms with E-state index >= 15 is 0 Å². The Hall–Kier alpha value is -1.88. The van der Waals surface area contributed by atoms with E-state index in [-0.39, 0.29) is 5.78 Å². The predicted molar refractivity (Wildman–Crippen MR) is 66.0 cm³/mol. The first kappa shape index (κ1) is 11.6. The SMILES string of the molecule is CC(=O)CCc1cccc(C2=NNN(C)N2)c1. The predicted octanol–water partition coefficient (Wildman–Crippen LogP) is 0.824. The van der Waals surface area contributed by atoms with Crippen molar-refractivity contribution in [2.75, 3.05) is 7.05 Å². The van der Waals surface area contributed by atoms with Gasteiger partial charge in [-0.3, -0.25) is 5.43 Å². The molecule has 1 aliphatic rings. The van der Waals surface area contributed by atoms with Gasteiger partial charge in [0, 0.05) is 19.0 Å². The van der Waals surface area contributed by atoms with Gasteiger partial charge in [-0.2, -0.15) is 0 Å². The third-order valence-electron chi connectivity index (χ3n) is 2.55. The number of rotatable bonds is 4. The van der Waals surface area contributed by atoms with E-state index in [4.69, 9.17) is 0 Å². The van der Waals surface area contributed by atoms with E-state index < -0.39 is 0 Å². The first-order valence-corrected chi connectivity index (χ1v) is 5.57. The van der Waals surface area contributed by atoms with Crippen molar-refractivity contribution in [3.8, 4) is 0 Å². The fourth-order valence-corrected chi connectivity index (χ4v) is 1.66. The summed E-state index contributed by atoms with van der Waals surface area (Å²) in [6.07, 6.45) is 1.36. The number of carbonyl (C=O) groups is 1. The van der Waals surface area contributed by atoms with Crippen LogP contribution in [0.5, 0.6) is 0 Å². The van der Waals surface area contributed by atoms with Crippen LogP contribution in [-0.2, 0) is 11.2 Å². The van der Waals surface area contributed by atoms with Crippen LogP contribution in [0.15, 0.2) is 29.4 Å². The number of hydrazone groups is 1. The summed E-state index contributed by atoms with van der Waals surface area (Å²) in [7, 11) is 1.84. The van der Waals surface area contributed by atoms with E-state index in [2.05, 4.69) is 22.1 Å². The number of nitrogens with zero attached hydrogens (tertiary/aromatic N) is 2. The van der Waals surface area contributed by atoms with Gasteiger partial charge >= 0.3 is 0 Å². The first-order valence-electron chi connectivity index (χ1n) is 5.57. The second-order valence-electron chi connectivity index (χ2n) is 4.13. The van der Waals surface area contributed by atoms with Gasteiger partial charge in [-0.05, 0) is 25.0 Å². The molecule has 0 unspecified atom stereocenters. The Bertz CT molecular complexity index is 456. The van der Waals surface area contributed by atoms with Gasteiger partial charge in [-0.1, -0.05) is 18.2 Å². The number of hydrogen-bond acceptors (Lipinski definition) is 5. The van der Waals surface area contributed by atoms with Crippen LogP contribution in [0.3, 0.4) is 0 Å². The molecule has 1 heterocycles. The summed E-state index contributed by atoms with van der Waals surface area (Å²) in [4.78, 5) is 10.9. The van der Waals surface area contributed by atoms with Gasteiger partial charge in [0.1, 0.15) is 5.78 Å². The second kappa shape index (κ2) is 4.97. The van der Waals surface area contributed by atoms with E-state index in [0.717, 1.165) is 23.4 Å². The number of carbonyl (C=O) groups excluding carboxylic acids is 1. The van der Waals surface area contributed by atoms with Crippen LogP contribution in [0.4, 0.5) is 0 Å². The summed E-state index contributed by atoms with van der Waals surface area (Å²) in [5.74, 6) is 1.00. The summed E-state index contributed by atoms with van der Waals surface area (Å²) in [5, 5.41) is 5.82. The number of benzene rings is 1. The minimum atomic E-state index is 0.216. The molecule has 0 spiro atoms. The Kier molecular flexibility index (Phi) is 3.39. The van der Waals surface area contributed by atoms with Gasteiger partial charge in [-0.25, -0.2) is 5.53 Å².